The molecule has 0 bridgehead atoms. The summed E-state index contributed by atoms with van der Waals surface area (Å²) in [6, 6.07) is 0. The molecule has 8 heteroatoms. The summed E-state index contributed by atoms with van der Waals surface area (Å²) in [7, 11) is 1.39. The highest BCUT2D eigenvalue weighted by Gasteiger charge is 2.13. The zero-order valence-electron chi connectivity index (χ0n) is 13.7. The highest BCUT2D eigenvalue weighted by molar-refractivity contribution is 14.0. The second-order valence-electron chi connectivity index (χ2n) is 4.75. The minimum absolute atomic E-state index is 0. The van der Waals surface area contributed by atoms with E-state index in [1.165, 1.54) is 12.0 Å². The van der Waals surface area contributed by atoms with Crippen LogP contribution in [0.5, 0.6) is 0 Å². The molecule has 0 aliphatic rings. The van der Waals surface area contributed by atoms with Gasteiger partial charge in [0.1, 0.15) is 5.01 Å². The summed E-state index contributed by atoms with van der Waals surface area (Å²) in [6.07, 6.45) is 0. The Balaban J connectivity index is 0.00000441. The lowest BCUT2D eigenvalue weighted by molar-refractivity contribution is -0.144. The van der Waals surface area contributed by atoms with Crippen molar-refractivity contribution in [1.29, 1.82) is 0 Å². The van der Waals surface area contributed by atoms with Crippen LogP contribution in [0.1, 0.15) is 29.4 Å². The third-order valence-corrected chi connectivity index (χ3v) is 4.03. The van der Waals surface area contributed by atoms with E-state index in [0.29, 0.717) is 19.0 Å². The minimum atomic E-state index is -0.232. The highest BCUT2D eigenvalue weighted by atomic mass is 127. The van der Waals surface area contributed by atoms with Gasteiger partial charge < -0.3 is 15.4 Å². The fraction of sp³-hybridized carbons (Fsp3) is 0.643. The molecule has 0 fully saturated rings. The Labute approximate surface area is 153 Å². The van der Waals surface area contributed by atoms with Crippen LogP contribution in [-0.2, 0) is 16.1 Å². The number of halogens is 1. The van der Waals surface area contributed by atoms with E-state index in [1.54, 1.807) is 11.3 Å². The van der Waals surface area contributed by atoms with Gasteiger partial charge in [-0.15, -0.1) is 35.3 Å². The molecular formula is C14H25IN4O2S. The number of methoxy groups -OCH3 is 1. The summed E-state index contributed by atoms with van der Waals surface area (Å²) in [4.78, 5) is 21.5. The molecule has 1 atom stereocenters. The van der Waals surface area contributed by atoms with Crippen LogP contribution in [0.15, 0.2) is 4.99 Å². The van der Waals surface area contributed by atoms with Crippen molar-refractivity contribution in [3.05, 3.63) is 15.6 Å². The van der Waals surface area contributed by atoms with Gasteiger partial charge in [0.05, 0.1) is 25.3 Å². The first-order chi connectivity index (χ1) is 9.97. The lowest BCUT2D eigenvalue weighted by atomic mass is 10.2. The van der Waals surface area contributed by atoms with Gasteiger partial charge in [0.25, 0.3) is 0 Å². The van der Waals surface area contributed by atoms with Crippen LogP contribution < -0.4 is 10.6 Å². The Kier molecular flexibility index (Phi) is 10.3. The Hall–Kier alpha value is -0.900. The van der Waals surface area contributed by atoms with Crippen LogP contribution >= 0.6 is 35.3 Å². The van der Waals surface area contributed by atoms with Gasteiger partial charge in [0.2, 0.25) is 0 Å². The average Bonchev–Trinajstić information content (AvgIpc) is 2.79. The van der Waals surface area contributed by atoms with Gasteiger partial charge in [0.15, 0.2) is 5.96 Å². The van der Waals surface area contributed by atoms with Crippen molar-refractivity contribution in [2.75, 3.05) is 20.2 Å². The van der Waals surface area contributed by atoms with Crippen molar-refractivity contribution in [2.45, 2.75) is 34.2 Å². The van der Waals surface area contributed by atoms with Crippen LogP contribution in [0.25, 0.3) is 0 Å². The van der Waals surface area contributed by atoms with Crippen LogP contribution in [0.4, 0.5) is 0 Å². The number of hydrogen-bond donors (Lipinski definition) is 2. The van der Waals surface area contributed by atoms with E-state index < -0.39 is 0 Å². The molecule has 0 saturated carbocycles. The maximum atomic E-state index is 11.4. The number of carbonyl (C=O) groups is 1. The number of rotatable bonds is 6. The zero-order chi connectivity index (χ0) is 15.8. The second-order valence-corrected chi connectivity index (χ2v) is 6.04. The zero-order valence-corrected chi connectivity index (χ0v) is 16.9. The van der Waals surface area contributed by atoms with Crippen molar-refractivity contribution in [3.8, 4) is 0 Å². The third-order valence-electron chi connectivity index (χ3n) is 2.97. The van der Waals surface area contributed by atoms with Crippen LogP contribution in [0.2, 0.25) is 0 Å². The molecule has 0 aromatic carbocycles. The van der Waals surface area contributed by atoms with Crippen LogP contribution in [-0.4, -0.2) is 37.1 Å². The van der Waals surface area contributed by atoms with E-state index in [2.05, 4.69) is 27.5 Å². The molecule has 1 aromatic rings. The van der Waals surface area contributed by atoms with Gasteiger partial charge in [-0.1, -0.05) is 6.92 Å². The Morgan fingerprint density at radius 2 is 2.09 bits per heavy atom. The predicted octanol–water partition coefficient (Wildman–Crippen LogP) is 2.24. The molecule has 0 spiro atoms. The number of nitrogens with zero attached hydrogens (tertiary/aromatic N) is 2. The first-order valence-electron chi connectivity index (χ1n) is 7.00. The van der Waals surface area contributed by atoms with Gasteiger partial charge >= 0.3 is 5.97 Å². The molecule has 1 heterocycles. The van der Waals surface area contributed by atoms with Gasteiger partial charge in [-0.05, 0) is 20.8 Å². The molecule has 1 rings (SSSR count). The number of aliphatic imine (C=N–C) groups is 1. The predicted molar refractivity (Wildman–Crippen MR) is 101 cm³/mol. The molecule has 126 valence electrons. The van der Waals surface area contributed by atoms with E-state index in [1.807, 2.05) is 20.8 Å². The molecule has 0 radical (unpaired) electrons. The summed E-state index contributed by atoms with van der Waals surface area (Å²) >= 11 is 1.66. The summed E-state index contributed by atoms with van der Waals surface area (Å²) in [6.45, 7) is 9.64. The molecular weight excluding hydrogens is 415 g/mol. The Morgan fingerprint density at radius 3 is 2.59 bits per heavy atom. The third kappa shape index (κ3) is 6.91. The summed E-state index contributed by atoms with van der Waals surface area (Å²) in [5.74, 6) is 0.228. The monoisotopic (exact) mass is 440 g/mol. The standard InChI is InChI=1S/C14H24N4O2S.HI/c1-6-15-14(16-7-9(2)13(19)20-5)17-8-12-18-10(3)11(4)21-12;/h9H,6-8H2,1-5H3,(H2,15,16,17);1H. The molecule has 1 aromatic heterocycles. The molecule has 0 aliphatic heterocycles. The number of aromatic nitrogens is 1. The summed E-state index contributed by atoms with van der Waals surface area (Å²) in [5, 5.41) is 7.28. The molecule has 2 N–H and O–H groups in total. The van der Waals surface area contributed by atoms with Crippen molar-refractivity contribution in [2.24, 2.45) is 10.9 Å². The number of aryl methyl sites for hydroxylation is 2. The van der Waals surface area contributed by atoms with Crippen molar-refractivity contribution >= 4 is 47.2 Å². The topological polar surface area (TPSA) is 75.6 Å². The Morgan fingerprint density at radius 1 is 1.41 bits per heavy atom. The fourth-order valence-corrected chi connectivity index (χ4v) is 2.49. The number of esters is 1. The molecule has 0 saturated heterocycles. The maximum Gasteiger partial charge on any atom is 0.310 e. The molecule has 0 amide bonds. The lowest BCUT2D eigenvalue weighted by Crippen LogP contribution is -2.40. The first-order valence-corrected chi connectivity index (χ1v) is 7.82. The van der Waals surface area contributed by atoms with E-state index in [4.69, 9.17) is 4.74 Å². The Bertz CT molecular complexity index is 486. The number of nitrogens with one attached hydrogen (secondary N) is 2. The molecule has 6 nitrogen and oxygen atoms in total. The van der Waals surface area contributed by atoms with Crippen molar-refractivity contribution in [3.63, 3.8) is 0 Å². The molecule has 22 heavy (non-hydrogen) atoms. The fourth-order valence-electron chi connectivity index (χ4n) is 1.63. The molecule has 1 unspecified atom stereocenters. The quantitative estimate of drug-likeness (QED) is 0.307. The number of ether oxygens (including phenoxy) is 1. The van der Waals surface area contributed by atoms with Crippen LogP contribution in [0, 0.1) is 19.8 Å². The van der Waals surface area contributed by atoms with Crippen molar-refractivity contribution in [1.82, 2.24) is 15.6 Å². The smallest absolute Gasteiger partial charge is 0.310 e. The number of guanidine groups is 1. The van der Waals surface area contributed by atoms with Crippen LogP contribution in [0.3, 0.4) is 0 Å². The maximum absolute atomic E-state index is 11.4. The van der Waals surface area contributed by atoms with Gasteiger partial charge in [-0.25, -0.2) is 9.98 Å². The van der Waals surface area contributed by atoms with E-state index in [9.17, 15) is 4.79 Å². The van der Waals surface area contributed by atoms with Crippen molar-refractivity contribution < 1.29 is 9.53 Å². The van der Waals surface area contributed by atoms with E-state index in [0.717, 1.165) is 17.2 Å². The largest absolute Gasteiger partial charge is 0.469 e. The number of carbonyl (C=O) groups excluding carboxylic acids is 1. The first kappa shape index (κ1) is 21.1. The normalized spacial score (nSPS) is 12.3. The van der Waals surface area contributed by atoms with Gasteiger partial charge in [0, 0.05) is 18.0 Å². The summed E-state index contributed by atoms with van der Waals surface area (Å²) in [5.41, 5.74) is 1.06. The van der Waals surface area contributed by atoms with E-state index in [-0.39, 0.29) is 35.9 Å². The molecule has 0 aliphatic carbocycles. The second kappa shape index (κ2) is 10.8. The minimum Gasteiger partial charge on any atom is -0.469 e. The van der Waals surface area contributed by atoms with Gasteiger partial charge in [-0.2, -0.15) is 0 Å². The number of hydrogen-bond acceptors (Lipinski definition) is 5. The summed E-state index contributed by atoms with van der Waals surface area (Å²) < 4.78 is 4.70. The van der Waals surface area contributed by atoms with Gasteiger partial charge in [-0.3, -0.25) is 4.79 Å². The number of thiazole rings is 1. The van der Waals surface area contributed by atoms with E-state index >= 15 is 0 Å². The SMILES string of the molecule is CCNC(=NCc1nc(C)c(C)s1)NCC(C)C(=O)OC.I. The highest BCUT2D eigenvalue weighted by Crippen LogP contribution is 2.16. The average molecular weight is 440 g/mol. The lowest BCUT2D eigenvalue weighted by Gasteiger charge is -2.14.